The second-order valence-corrected chi connectivity index (χ2v) is 8.90. The van der Waals surface area contributed by atoms with E-state index >= 15 is 0 Å². The molecular weight excluding hydrogens is 384 g/mol. The predicted molar refractivity (Wildman–Crippen MR) is 108 cm³/mol. The molecule has 1 fully saturated rings. The maximum absolute atomic E-state index is 12.8. The molecule has 1 aliphatic heterocycles. The largest absolute Gasteiger partial charge is 0.369 e. The summed E-state index contributed by atoms with van der Waals surface area (Å²) in [7, 11) is 0. The van der Waals surface area contributed by atoms with Gasteiger partial charge in [-0.15, -0.1) is 11.3 Å². The summed E-state index contributed by atoms with van der Waals surface area (Å²) in [5, 5.41) is 1.26. The summed E-state index contributed by atoms with van der Waals surface area (Å²) >= 11 is 2.81. The molecule has 0 radical (unpaired) electrons. The van der Waals surface area contributed by atoms with Gasteiger partial charge < -0.3 is 10.6 Å². The van der Waals surface area contributed by atoms with Gasteiger partial charge in [0.25, 0.3) is 5.56 Å². The van der Waals surface area contributed by atoms with E-state index in [2.05, 4.69) is 4.98 Å². The fraction of sp³-hybridized carbons (Fsp3) is 0.556. The molecule has 0 aromatic carbocycles. The van der Waals surface area contributed by atoms with Gasteiger partial charge in [0.05, 0.1) is 11.1 Å². The Hall–Kier alpha value is -1.87. The zero-order chi connectivity index (χ0) is 19.7. The summed E-state index contributed by atoms with van der Waals surface area (Å²) < 4.78 is 1.64. The van der Waals surface area contributed by atoms with Crippen molar-refractivity contribution in [1.82, 2.24) is 14.5 Å². The third kappa shape index (κ3) is 3.89. The number of thioether (sulfide) groups is 1. The van der Waals surface area contributed by atoms with Gasteiger partial charge in [0, 0.05) is 30.4 Å². The molecule has 1 aliphatic rings. The van der Waals surface area contributed by atoms with Crippen molar-refractivity contribution in [3.63, 3.8) is 0 Å². The Balaban J connectivity index is 1.74. The molecular formula is C18H24N4O3S2. The number of carbonyl (C=O) groups is 2. The second kappa shape index (κ2) is 8.02. The molecule has 2 amide bonds. The van der Waals surface area contributed by atoms with Crippen LogP contribution >= 0.6 is 23.1 Å². The van der Waals surface area contributed by atoms with Crippen LogP contribution in [0.25, 0.3) is 10.2 Å². The molecule has 2 N–H and O–H groups in total. The number of likely N-dealkylation sites (tertiary alicyclic amines) is 1. The number of nitrogens with zero attached hydrogens (tertiary/aromatic N) is 3. The zero-order valence-corrected chi connectivity index (χ0v) is 17.4. The highest BCUT2D eigenvalue weighted by molar-refractivity contribution is 7.99. The first-order valence-corrected chi connectivity index (χ1v) is 10.8. The third-order valence-corrected chi connectivity index (χ3v) is 7.21. The van der Waals surface area contributed by atoms with Gasteiger partial charge in [0.2, 0.25) is 11.8 Å². The predicted octanol–water partition coefficient (Wildman–Crippen LogP) is 1.91. The number of hydrogen-bond acceptors (Lipinski definition) is 6. The average molecular weight is 409 g/mol. The van der Waals surface area contributed by atoms with E-state index in [-0.39, 0.29) is 29.0 Å². The molecule has 146 valence electrons. The van der Waals surface area contributed by atoms with Gasteiger partial charge in [-0.1, -0.05) is 11.8 Å². The molecule has 0 aliphatic carbocycles. The van der Waals surface area contributed by atoms with Crippen molar-refractivity contribution in [1.29, 1.82) is 0 Å². The summed E-state index contributed by atoms with van der Waals surface area (Å²) in [6, 6.07) is 0. The molecule has 7 nitrogen and oxygen atoms in total. The molecule has 3 rings (SSSR count). The Labute approximate surface area is 165 Å². The number of fused-ring (bicyclic) bond motifs is 1. The molecule has 0 atom stereocenters. The molecule has 3 heterocycles. The van der Waals surface area contributed by atoms with Crippen molar-refractivity contribution < 1.29 is 9.59 Å². The van der Waals surface area contributed by atoms with E-state index in [0.717, 1.165) is 15.3 Å². The highest BCUT2D eigenvalue weighted by Gasteiger charge is 2.26. The second-order valence-electron chi connectivity index (χ2n) is 6.75. The fourth-order valence-electron chi connectivity index (χ4n) is 3.33. The van der Waals surface area contributed by atoms with Crippen LogP contribution in [0.3, 0.4) is 0 Å². The molecule has 0 saturated carbocycles. The molecule has 0 spiro atoms. The molecule has 1 saturated heterocycles. The minimum absolute atomic E-state index is 0.00143. The van der Waals surface area contributed by atoms with Crippen LogP contribution in [-0.2, 0) is 16.1 Å². The van der Waals surface area contributed by atoms with Crippen molar-refractivity contribution in [2.45, 2.75) is 45.3 Å². The van der Waals surface area contributed by atoms with Gasteiger partial charge in [-0.05, 0) is 39.2 Å². The van der Waals surface area contributed by atoms with Crippen LogP contribution in [0, 0.1) is 19.8 Å². The lowest BCUT2D eigenvalue weighted by atomic mass is 9.96. The summed E-state index contributed by atoms with van der Waals surface area (Å²) in [6.45, 7) is 7.44. The van der Waals surface area contributed by atoms with E-state index in [4.69, 9.17) is 5.73 Å². The summed E-state index contributed by atoms with van der Waals surface area (Å²) in [4.78, 5) is 44.9. The number of aryl methyl sites for hydroxylation is 2. The van der Waals surface area contributed by atoms with Gasteiger partial charge in [-0.2, -0.15) is 0 Å². The smallest absolute Gasteiger partial charge is 0.263 e. The monoisotopic (exact) mass is 408 g/mol. The Morgan fingerprint density at radius 1 is 1.30 bits per heavy atom. The van der Waals surface area contributed by atoms with E-state index in [1.165, 1.54) is 23.1 Å². The first-order valence-electron chi connectivity index (χ1n) is 9.03. The van der Waals surface area contributed by atoms with Gasteiger partial charge in [0.15, 0.2) is 5.16 Å². The fourth-order valence-corrected chi connectivity index (χ4v) is 5.37. The number of rotatable bonds is 5. The number of hydrogen-bond donors (Lipinski definition) is 1. The molecule has 2 aromatic rings. The quantitative estimate of drug-likeness (QED) is 0.602. The first-order chi connectivity index (χ1) is 12.8. The number of amides is 2. The number of nitrogens with two attached hydrogens (primary N) is 1. The van der Waals surface area contributed by atoms with E-state index < -0.39 is 0 Å². The van der Waals surface area contributed by atoms with Crippen molar-refractivity contribution in [2.75, 3.05) is 18.8 Å². The Morgan fingerprint density at radius 2 is 1.96 bits per heavy atom. The highest BCUT2D eigenvalue weighted by atomic mass is 32.2. The van der Waals surface area contributed by atoms with Crippen LogP contribution in [0.4, 0.5) is 0 Å². The van der Waals surface area contributed by atoms with Crippen LogP contribution in [0.1, 0.15) is 30.2 Å². The molecule has 9 heteroatoms. The van der Waals surface area contributed by atoms with Crippen molar-refractivity contribution in [2.24, 2.45) is 11.7 Å². The molecule has 27 heavy (non-hydrogen) atoms. The third-order valence-electron chi connectivity index (χ3n) is 5.14. The number of aromatic nitrogens is 2. The number of carbonyl (C=O) groups excluding carboxylic acids is 2. The van der Waals surface area contributed by atoms with E-state index in [9.17, 15) is 14.4 Å². The molecule has 0 unspecified atom stereocenters. The lowest BCUT2D eigenvalue weighted by Gasteiger charge is -2.30. The standard InChI is InChI=1S/C18H24N4O3S2/c1-4-22-17(25)14-10(2)11(3)27-16(14)20-18(22)26-9-13(23)21-7-5-12(6-8-21)15(19)24/h12H,4-9H2,1-3H3,(H2,19,24). The lowest BCUT2D eigenvalue weighted by molar-refractivity contribution is -0.132. The topological polar surface area (TPSA) is 98.3 Å². The van der Waals surface area contributed by atoms with E-state index in [1.807, 2.05) is 20.8 Å². The van der Waals surface area contributed by atoms with E-state index in [1.54, 1.807) is 9.47 Å². The normalized spacial score (nSPS) is 15.4. The number of piperidine rings is 1. The average Bonchev–Trinajstić information content (AvgIpc) is 2.94. The van der Waals surface area contributed by atoms with Gasteiger partial charge >= 0.3 is 0 Å². The van der Waals surface area contributed by atoms with Gasteiger partial charge in [-0.25, -0.2) is 4.98 Å². The van der Waals surface area contributed by atoms with Crippen LogP contribution in [0.2, 0.25) is 0 Å². The first kappa shape index (κ1) is 19.9. The molecule has 0 bridgehead atoms. The number of primary amides is 1. The Bertz CT molecular complexity index is 942. The van der Waals surface area contributed by atoms with E-state index in [0.29, 0.717) is 43.0 Å². The van der Waals surface area contributed by atoms with Gasteiger partial charge in [0.1, 0.15) is 4.83 Å². The molecule has 2 aromatic heterocycles. The van der Waals surface area contributed by atoms with Crippen LogP contribution in [0.15, 0.2) is 9.95 Å². The Morgan fingerprint density at radius 3 is 2.56 bits per heavy atom. The maximum atomic E-state index is 12.8. The highest BCUT2D eigenvalue weighted by Crippen LogP contribution is 2.28. The van der Waals surface area contributed by atoms with Crippen LogP contribution in [-0.4, -0.2) is 45.1 Å². The SMILES string of the molecule is CCn1c(SCC(=O)N2CCC(C(N)=O)CC2)nc2sc(C)c(C)c2c1=O. The van der Waals surface area contributed by atoms with Crippen molar-refractivity contribution in [3.8, 4) is 0 Å². The van der Waals surface area contributed by atoms with Crippen LogP contribution < -0.4 is 11.3 Å². The minimum Gasteiger partial charge on any atom is -0.369 e. The zero-order valence-electron chi connectivity index (χ0n) is 15.8. The maximum Gasteiger partial charge on any atom is 0.263 e. The summed E-state index contributed by atoms with van der Waals surface area (Å²) in [5.41, 5.74) is 6.29. The Kier molecular flexibility index (Phi) is 5.90. The van der Waals surface area contributed by atoms with Crippen molar-refractivity contribution >= 4 is 45.1 Å². The minimum atomic E-state index is -0.289. The lowest BCUT2D eigenvalue weighted by Crippen LogP contribution is -2.42. The van der Waals surface area contributed by atoms with Crippen molar-refractivity contribution in [3.05, 3.63) is 20.8 Å². The van der Waals surface area contributed by atoms with Gasteiger partial charge in [-0.3, -0.25) is 19.0 Å². The summed E-state index contributed by atoms with van der Waals surface area (Å²) in [5.74, 6) is -0.204. The summed E-state index contributed by atoms with van der Waals surface area (Å²) in [6.07, 6.45) is 1.23. The number of thiophene rings is 1. The van der Waals surface area contributed by atoms with Crippen LogP contribution in [0.5, 0.6) is 0 Å².